The fraction of sp³-hybridized carbons (Fsp3) is 1.00. The molecule has 1 saturated heterocycles. The van der Waals surface area contributed by atoms with Crippen LogP contribution >= 0.6 is 0 Å². The highest BCUT2D eigenvalue weighted by atomic mass is 17.2. The van der Waals surface area contributed by atoms with Crippen LogP contribution in [0, 0.1) is 0 Å². The van der Waals surface area contributed by atoms with Crippen molar-refractivity contribution in [3.63, 3.8) is 0 Å². The Morgan fingerprint density at radius 2 is 1.50 bits per heavy atom. The molecule has 1 aliphatic heterocycles. The van der Waals surface area contributed by atoms with Crippen molar-refractivity contribution in [3.8, 4) is 0 Å². The first-order valence-corrected chi connectivity index (χ1v) is 4.61. The minimum absolute atomic E-state index is 0.0260. The van der Waals surface area contributed by atoms with Crippen LogP contribution in [-0.4, -0.2) is 71.9 Å². The standard InChI is InChI=1S/C8H17NO5/c10-3-1-9(2-4-11)8(5-12)6-13-14-7-8/h10-12H,1-7H2. The molecular weight excluding hydrogens is 190 g/mol. The summed E-state index contributed by atoms with van der Waals surface area (Å²) in [5.41, 5.74) is -0.620. The lowest BCUT2D eigenvalue weighted by molar-refractivity contribution is -0.248. The summed E-state index contributed by atoms with van der Waals surface area (Å²) >= 11 is 0. The van der Waals surface area contributed by atoms with Crippen LogP contribution in [0.4, 0.5) is 0 Å². The van der Waals surface area contributed by atoms with Gasteiger partial charge in [0.2, 0.25) is 0 Å². The lowest BCUT2D eigenvalue weighted by Gasteiger charge is -2.36. The molecule has 1 heterocycles. The van der Waals surface area contributed by atoms with Gasteiger partial charge >= 0.3 is 0 Å². The zero-order chi connectivity index (χ0) is 10.4. The predicted octanol–water partition coefficient (Wildman–Crippen LogP) is -2.03. The van der Waals surface area contributed by atoms with Gasteiger partial charge in [0, 0.05) is 13.1 Å². The average Bonchev–Trinajstić information content (AvgIpc) is 2.67. The summed E-state index contributed by atoms with van der Waals surface area (Å²) in [6, 6.07) is 0. The maximum atomic E-state index is 9.28. The molecule has 6 nitrogen and oxygen atoms in total. The van der Waals surface area contributed by atoms with Crippen molar-refractivity contribution in [3.05, 3.63) is 0 Å². The van der Waals surface area contributed by atoms with Crippen molar-refractivity contribution < 1.29 is 25.1 Å². The number of rotatable bonds is 6. The largest absolute Gasteiger partial charge is 0.395 e. The summed E-state index contributed by atoms with van der Waals surface area (Å²) in [6.45, 7) is 1.10. The number of hydrogen-bond acceptors (Lipinski definition) is 6. The van der Waals surface area contributed by atoms with E-state index in [2.05, 4.69) is 0 Å². The van der Waals surface area contributed by atoms with Crippen LogP contribution < -0.4 is 0 Å². The second-order valence-corrected chi connectivity index (χ2v) is 3.34. The summed E-state index contributed by atoms with van der Waals surface area (Å²) in [4.78, 5) is 11.3. The molecule has 0 amide bonds. The van der Waals surface area contributed by atoms with Crippen LogP contribution in [0.15, 0.2) is 0 Å². The lowest BCUT2D eigenvalue weighted by atomic mass is 10.0. The Morgan fingerprint density at radius 1 is 1.00 bits per heavy atom. The molecule has 84 valence electrons. The summed E-state index contributed by atoms with van der Waals surface area (Å²) < 4.78 is 0. The van der Waals surface area contributed by atoms with E-state index >= 15 is 0 Å². The van der Waals surface area contributed by atoms with E-state index in [4.69, 9.17) is 20.0 Å². The third kappa shape index (κ3) is 2.41. The minimum Gasteiger partial charge on any atom is -0.395 e. The molecule has 0 aromatic rings. The van der Waals surface area contributed by atoms with Crippen LogP contribution in [0.25, 0.3) is 0 Å². The van der Waals surface area contributed by atoms with Gasteiger partial charge in [0.25, 0.3) is 0 Å². The minimum atomic E-state index is -0.620. The number of nitrogens with zero attached hydrogens (tertiary/aromatic N) is 1. The average molecular weight is 207 g/mol. The van der Waals surface area contributed by atoms with Crippen LogP contribution in [-0.2, 0) is 9.78 Å². The number of aliphatic hydroxyl groups is 3. The molecule has 0 aromatic heterocycles. The fourth-order valence-electron chi connectivity index (χ4n) is 1.55. The highest BCUT2D eigenvalue weighted by molar-refractivity contribution is 4.91. The zero-order valence-corrected chi connectivity index (χ0v) is 8.06. The Morgan fingerprint density at radius 3 is 1.86 bits per heavy atom. The van der Waals surface area contributed by atoms with Crippen LogP contribution in [0.3, 0.4) is 0 Å². The molecule has 0 aliphatic carbocycles. The molecule has 14 heavy (non-hydrogen) atoms. The quantitative estimate of drug-likeness (QED) is 0.436. The van der Waals surface area contributed by atoms with Crippen LogP contribution in [0.5, 0.6) is 0 Å². The van der Waals surface area contributed by atoms with E-state index < -0.39 is 5.54 Å². The number of aliphatic hydroxyl groups excluding tert-OH is 3. The second-order valence-electron chi connectivity index (χ2n) is 3.34. The second kappa shape index (κ2) is 5.59. The van der Waals surface area contributed by atoms with Crippen molar-refractivity contribution in [1.82, 2.24) is 4.90 Å². The summed E-state index contributed by atoms with van der Waals surface area (Å²) in [5, 5.41) is 27.0. The van der Waals surface area contributed by atoms with E-state index in [0.717, 1.165) is 0 Å². The molecule has 1 fully saturated rings. The molecule has 0 radical (unpaired) electrons. The van der Waals surface area contributed by atoms with Crippen molar-refractivity contribution in [1.29, 1.82) is 0 Å². The first kappa shape index (κ1) is 11.8. The monoisotopic (exact) mass is 207 g/mol. The molecule has 1 rings (SSSR count). The Balaban J connectivity index is 2.61. The molecule has 1 aliphatic rings. The molecule has 0 aromatic carbocycles. The Hall–Kier alpha value is -0.240. The molecule has 0 saturated carbocycles. The van der Waals surface area contributed by atoms with Gasteiger partial charge in [-0.25, -0.2) is 9.78 Å². The Bertz CT molecular complexity index is 154. The Kier molecular flexibility index (Phi) is 4.73. The summed E-state index contributed by atoms with van der Waals surface area (Å²) in [5.74, 6) is 0. The third-order valence-corrected chi connectivity index (χ3v) is 2.44. The van der Waals surface area contributed by atoms with E-state index in [1.807, 2.05) is 0 Å². The van der Waals surface area contributed by atoms with E-state index in [1.54, 1.807) is 4.90 Å². The molecule has 0 spiro atoms. The lowest BCUT2D eigenvalue weighted by Crippen LogP contribution is -2.56. The van der Waals surface area contributed by atoms with Crippen LogP contribution in [0.2, 0.25) is 0 Å². The number of hydrogen-bond donors (Lipinski definition) is 3. The van der Waals surface area contributed by atoms with Gasteiger partial charge in [-0.05, 0) is 0 Å². The smallest absolute Gasteiger partial charge is 0.105 e. The van der Waals surface area contributed by atoms with E-state index in [9.17, 15) is 5.11 Å². The third-order valence-electron chi connectivity index (χ3n) is 2.44. The molecule has 6 heteroatoms. The highest BCUT2D eigenvalue weighted by Gasteiger charge is 2.41. The van der Waals surface area contributed by atoms with Crippen molar-refractivity contribution >= 4 is 0 Å². The molecule has 0 bridgehead atoms. The van der Waals surface area contributed by atoms with E-state index in [-0.39, 0.29) is 33.0 Å². The molecular formula is C8H17NO5. The van der Waals surface area contributed by atoms with Gasteiger partial charge in [0.1, 0.15) is 13.2 Å². The number of β-amino-alcohol motifs (C(OH)–C–C–N with tert-alkyl or cyclic N) is 2. The van der Waals surface area contributed by atoms with Crippen LogP contribution in [0.1, 0.15) is 0 Å². The fourth-order valence-corrected chi connectivity index (χ4v) is 1.55. The van der Waals surface area contributed by atoms with Crippen molar-refractivity contribution in [2.24, 2.45) is 0 Å². The SMILES string of the molecule is OCCN(CCO)C1(CO)COOC1. The predicted molar refractivity (Wildman–Crippen MR) is 47.5 cm³/mol. The zero-order valence-electron chi connectivity index (χ0n) is 8.06. The van der Waals surface area contributed by atoms with E-state index in [1.165, 1.54) is 0 Å². The van der Waals surface area contributed by atoms with Crippen molar-refractivity contribution in [2.75, 3.05) is 46.1 Å². The topological polar surface area (TPSA) is 82.4 Å². The van der Waals surface area contributed by atoms with Gasteiger partial charge in [-0.1, -0.05) is 0 Å². The maximum absolute atomic E-state index is 9.28. The summed E-state index contributed by atoms with van der Waals surface area (Å²) in [6.07, 6.45) is 0. The van der Waals surface area contributed by atoms with Gasteiger partial charge in [-0.15, -0.1) is 0 Å². The van der Waals surface area contributed by atoms with Gasteiger partial charge in [0.05, 0.1) is 25.4 Å². The highest BCUT2D eigenvalue weighted by Crippen LogP contribution is 2.21. The first-order valence-electron chi connectivity index (χ1n) is 4.61. The first-order chi connectivity index (χ1) is 6.79. The molecule has 3 N–H and O–H groups in total. The Labute approximate surface area is 82.6 Å². The molecule has 0 atom stereocenters. The summed E-state index contributed by atoms with van der Waals surface area (Å²) in [7, 11) is 0. The van der Waals surface area contributed by atoms with Gasteiger partial charge < -0.3 is 15.3 Å². The van der Waals surface area contributed by atoms with Gasteiger partial charge in [0.15, 0.2) is 0 Å². The van der Waals surface area contributed by atoms with E-state index in [0.29, 0.717) is 13.1 Å². The van der Waals surface area contributed by atoms with Crippen molar-refractivity contribution in [2.45, 2.75) is 5.54 Å². The normalized spacial score (nSPS) is 20.6. The van der Waals surface area contributed by atoms with Gasteiger partial charge in [-0.3, -0.25) is 4.90 Å². The van der Waals surface area contributed by atoms with Gasteiger partial charge in [-0.2, -0.15) is 0 Å². The molecule has 0 unspecified atom stereocenters. The maximum Gasteiger partial charge on any atom is 0.105 e.